The quantitative estimate of drug-likeness (QED) is 0.436. The van der Waals surface area contributed by atoms with Crippen molar-refractivity contribution >= 4 is 29.1 Å². The van der Waals surface area contributed by atoms with Crippen LogP contribution in [-0.2, 0) is 11.4 Å². The van der Waals surface area contributed by atoms with Crippen LogP contribution in [0.2, 0.25) is 0 Å². The van der Waals surface area contributed by atoms with Crippen molar-refractivity contribution in [2.75, 3.05) is 11.9 Å². The van der Waals surface area contributed by atoms with Crippen LogP contribution < -0.4 is 15.6 Å². The third-order valence-corrected chi connectivity index (χ3v) is 5.54. The van der Waals surface area contributed by atoms with Crippen molar-refractivity contribution in [1.29, 1.82) is 0 Å². The Hall–Kier alpha value is -4.79. The molecule has 0 fully saturated rings. The summed E-state index contributed by atoms with van der Waals surface area (Å²) < 4.78 is 7.25. The molecule has 0 bridgehead atoms. The van der Waals surface area contributed by atoms with E-state index in [1.54, 1.807) is 60.8 Å². The number of aryl methyl sites for hydroxylation is 1. The summed E-state index contributed by atoms with van der Waals surface area (Å²) in [5.41, 5.74) is 2.76. The van der Waals surface area contributed by atoms with Crippen LogP contribution in [0.15, 0.2) is 77.7 Å². The molecule has 4 aromatic rings. The summed E-state index contributed by atoms with van der Waals surface area (Å²) in [5.74, 6) is -1.05. The summed E-state index contributed by atoms with van der Waals surface area (Å²) in [6, 6.07) is 18.2. The number of rotatable bonds is 6. The number of carbonyl (C=O) groups is 3. The van der Waals surface area contributed by atoms with Crippen LogP contribution in [0.1, 0.15) is 32.0 Å². The number of hydrogen-bond acceptors (Lipinski definition) is 6. The predicted octanol–water partition coefficient (Wildman–Crippen LogP) is 2.82. The normalized spacial score (nSPS) is 12.7. The van der Waals surface area contributed by atoms with Gasteiger partial charge in [-0.05, 0) is 42.8 Å². The molecule has 9 nitrogen and oxygen atoms in total. The molecule has 174 valence electrons. The Labute approximate surface area is 199 Å². The van der Waals surface area contributed by atoms with Crippen molar-refractivity contribution in [2.45, 2.75) is 13.5 Å². The maximum Gasteiger partial charge on any atom is 0.262 e. The molecule has 1 N–H and O–H groups in total. The highest BCUT2D eigenvalue weighted by atomic mass is 16.5. The van der Waals surface area contributed by atoms with Gasteiger partial charge in [0.15, 0.2) is 0 Å². The average Bonchev–Trinajstić information content (AvgIpc) is 3.08. The molecule has 9 heteroatoms. The minimum Gasteiger partial charge on any atom is -0.487 e. The van der Waals surface area contributed by atoms with Gasteiger partial charge in [-0.15, -0.1) is 0 Å². The Bertz CT molecular complexity index is 1520. The van der Waals surface area contributed by atoms with Crippen LogP contribution in [0.3, 0.4) is 0 Å². The van der Waals surface area contributed by atoms with Gasteiger partial charge >= 0.3 is 0 Å². The Morgan fingerprint density at radius 1 is 0.943 bits per heavy atom. The molecule has 0 spiro atoms. The van der Waals surface area contributed by atoms with Crippen LogP contribution in [0.4, 0.5) is 5.69 Å². The highest BCUT2D eigenvalue weighted by Crippen LogP contribution is 2.23. The molecular weight excluding hydrogens is 448 g/mol. The lowest BCUT2D eigenvalue weighted by molar-refractivity contribution is -0.116. The predicted molar refractivity (Wildman–Crippen MR) is 127 cm³/mol. The van der Waals surface area contributed by atoms with Gasteiger partial charge in [-0.1, -0.05) is 24.3 Å². The topological polar surface area (TPSA) is 110 Å². The molecule has 0 saturated carbocycles. The molecule has 0 saturated heterocycles. The number of nitrogens with zero attached hydrogens (tertiary/aromatic N) is 3. The first kappa shape index (κ1) is 22.0. The van der Waals surface area contributed by atoms with Gasteiger partial charge < -0.3 is 10.1 Å². The van der Waals surface area contributed by atoms with Crippen LogP contribution >= 0.6 is 0 Å². The van der Waals surface area contributed by atoms with Crippen molar-refractivity contribution in [3.63, 3.8) is 0 Å². The first-order chi connectivity index (χ1) is 16.9. The number of imide groups is 1. The molecule has 3 amide bonds. The zero-order valence-electron chi connectivity index (χ0n) is 18.7. The SMILES string of the molecule is Cc1ccc2nc(COc3cccc(NC(=O)CN4C(=O)c5ccccc5C4=O)c3)cc(=O)n2c1. The molecule has 0 unspecified atom stereocenters. The smallest absolute Gasteiger partial charge is 0.262 e. The monoisotopic (exact) mass is 468 g/mol. The first-order valence-corrected chi connectivity index (χ1v) is 10.9. The minimum atomic E-state index is -0.517. The van der Waals surface area contributed by atoms with Crippen molar-refractivity contribution < 1.29 is 19.1 Å². The van der Waals surface area contributed by atoms with E-state index in [2.05, 4.69) is 10.3 Å². The number of pyridine rings is 1. The lowest BCUT2D eigenvalue weighted by Crippen LogP contribution is -2.37. The van der Waals surface area contributed by atoms with Gasteiger partial charge in [-0.2, -0.15) is 0 Å². The number of ether oxygens (including phenoxy) is 1. The second-order valence-electron chi connectivity index (χ2n) is 8.13. The summed E-state index contributed by atoms with van der Waals surface area (Å²) in [6.45, 7) is 1.56. The number of fused-ring (bicyclic) bond motifs is 2. The van der Waals surface area contributed by atoms with Gasteiger partial charge in [0.2, 0.25) is 5.91 Å². The average molecular weight is 468 g/mol. The fraction of sp³-hybridized carbons (Fsp3) is 0.115. The third kappa shape index (κ3) is 4.39. The standard InChI is InChI=1S/C26H20N4O5/c1-16-9-10-22-27-18(12-24(32)29(22)13-16)15-35-19-6-4-5-17(11-19)28-23(31)14-30-25(33)20-7-2-3-8-21(20)26(30)34/h2-13H,14-15H2,1H3,(H,28,31). The van der Waals surface area contributed by atoms with E-state index in [9.17, 15) is 19.2 Å². The van der Waals surface area contributed by atoms with Crippen LogP contribution in [-0.4, -0.2) is 38.6 Å². The molecule has 5 rings (SSSR count). The minimum absolute atomic E-state index is 0.0616. The van der Waals surface area contributed by atoms with Gasteiger partial charge in [0.05, 0.1) is 16.8 Å². The van der Waals surface area contributed by atoms with Crippen molar-refractivity contribution in [3.05, 3.63) is 106 Å². The number of carbonyl (C=O) groups excluding carboxylic acids is 3. The molecule has 2 aromatic carbocycles. The molecule has 0 radical (unpaired) electrons. The Morgan fingerprint density at radius 2 is 1.69 bits per heavy atom. The molecule has 3 heterocycles. The number of anilines is 1. The maximum atomic E-state index is 12.5. The van der Waals surface area contributed by atoms with Gasteiger partial charge in [0.1, 0.15) is 24.5 Å². The van der Waals surface area contributed by atoms with E-state index in [1.807, 2.05) is 13.0 Å². The fourth-order valence-corrected chi connectivity index (χ4v) is 3.88. The van der Waals surface area contributed by atoms with E-state index in [0.717, 1.165) is 10.5 Å². The molecule has 0 atom stereocenters. The third-order valence-electron chi connectivity index (χ3n) is 5.54. The summed E-state index contributed by atoms with van der Waals surface area (Å²) in [4.78, 5) is 55.2. The summed E-state index contributed by atoms with van der Waals surface area (Å²) >= 11 is 0. The van der Waals surface area contributed by atoms with Gasteiger partial charge in [-0.3, -0.25) is 28.5 Å². The van der Waals surface area contributed by atoms with Gasteiger partial charge in [0.25, 0.3) is 17.4 Å². The van der Waals surface area contributed by atoms with E-state index in [4.69, 9.17) is 4.74 Å². The number of hydrogen-bond donors (Lipinski definition) is 1. The van der Waals surface area contributed by atoms with Crippen LogP contribution in [0, 0.1) is 6.92 Å². The largest absolute Gasteiger partial charge is 0.487 e. The van der Waals surface area contributed by atoms with Crippen LogP contribution in [0.5, 0.6) is 5.75 Å². The van der Waals surface area contributed by atoms with Crippen molar-refractivity contribution in [2.24, 2.45) is 0 Å². The molecule has 0 aliphatic carbocycles. The Balaban J connectivity index is 1.24. The number of aromatic nitrogens is 2. The summed E-state index contributed by atoms with van der Waals surface area (Å²) in [5, 5.41) is 2.68. The zero-order valence-corrected chi connectivity index (χ0v) is 18.7. The van der Waals surface area contributed by atoms with Gasteiger partial charge in [0, 0.05) is 24.0 Å². The van der Waals surface area contributed by atoms with E-state index >= 15 is 0 Å². The number of amides is 3. The molecule has 2 aromatic heterocycles. The van der Waals surface area contributed by atoms with E-state index in [-0.39, 0.29) is 23.3 Å². The molecule has 1 aliphatic rings. The highest BCUT2D eigenvalue weighted by Gasteiger charge is 2.36. The Morgan fingerprint density at radius 3 is 2.43 bits per heavy atom. The number of benzene rings is 2. The first-order valence-electron chi connectivity index (χ1n) is 10.9. The van der Waals surface area contributed by atoms with Crippen LogP contribution in [0.25, 0.3) is 5.65 Å². The second-order valence-corrected chi connectivity index (χ2v) is 8.13. The number of nitrogens with one attached hydrogen (secondary N) is 1. The second kappa shape index (κ2) is 8.86. The van der Waals surface area contributed by atoms with E-state index < -0.39 is 24.3 Å². The van der Waals surface area contributed by atoms with E-state index in [0.29, 0.717) is 22.8 Å². The highest BCUT2D eigenvalue weighted by molar-refractivity contribution is 6.22. The fourth-order valence-electron chi connectivity index (χ4n) is 3.88. The molecule has 1 aliphatic heterocycles. The maximum absolute atomic E-state index is 12.5. The lowest BCUT2D eigenvalue weighted by Gasteiger charge is -2.14. The zero-order chi connectivity index (χ0) is 24.5. The van der Waals surface area contributed by atoms with Crippen molar-refractivity contribution in [1.82, 2.24) is 14.3 Å². The van der Waals surface area contributed by atoms with Gasteiger partial charge in [-0.25, -0.2) is 4.98 Å². The summed E-state index contributed by atoms with van der Waals surface area (Å²) in [7, 11) is 0. The molecular formula is C26H20N4O5. The summed E-state index contributed by atoms with van der Waals surface area (Å²) in [6.07, 6.45) is 1.73. The van der Waals surface area contributed by atoms with E-state index in [1.165, 1.54) is 10.5 Å². The Kier molecular flexibility index (Phi) is 5.58. The van der Waals surface area contributed by atoms with Crippen molar-refractivity contribution in [3.8, 4) is 5.75 Å². The molecule has 35 heavy (non-hydrogen) atoms. The lowest BCUT2D eigenvalue weighted by atomic mass is 10.1.